The molecule has 0 saturated heterocycles. The number of rotatable bonds is 8. The zero-order valence-electron chi connectivity index (χ0n) is 11.6. The summed E-state index contributed by atoms with van der Waals surface area (Å²) in [4.78, 5) is 33.1. The van der Waals surface area contributed by atoms with Crippen molar-refractivity contribution < 1.29 is 19.6 Å². The molecule has 1 atom stereocenters. The zero-order valence-corrected chi connectivity index (χ0v) is 13.2. The summed E-state index contributed by atoms with van der Waals surface area (Å²) in [7, 11) is 0. The SMILES string of the molecule is C=CCCC(NC(=O)Cc1ccc([N+](=O)[O-])cc1Br)C(=O)O. The molecule has 1 aromatic carbocycles. The van der Waals surface area contributed by atoms with Gasteiger partial charge in [-0.2, -0.15) is 0 Å². The highest BCUT2D eigenvalue weighted by molar-refractivity contribution is 9.10. The van der Waals surface area contributed by atoms with Gasteiger partial charge in [-0.3, -0.25) is 14.9 Å². The lowest BCUT2D eigenvalue weighted by Gasteiger charge is -2.14. The molecule has 2 N–H and O–H groups in total. The third kappa shape index (κ3) is 5.28. The second-order valence-corrected chi connectivity index (χ2v) is 5.39. The number of hydrogen-bond acceptors (Lipinski definition) is 4. The van der Waals surface area contributed by atoms with Gasteiger partial charge in [0.05, 0.1) is 11.3 Å². The molecule has 0 aromatic heterocycles. The monoisotopic (exact) mass is 370 g/mol. The van der Waals surface area contributed by atoms with Crippen molar-refractivity contribution in [3.8, 4) is 0 Å². The molecule has 0 spiro atoms. The molecular weight excluding hydrogens is 356 g/mol. The van der Waals surface area contributed by atoms with Crippen molar-refractivity contribution >= 4 is 33.5 Å². The van der Waals surface area contributed by atoms with Crippen molar-refractivity contribution in [3.63, 3.8) is 0 Å². The highest BCUT2D eigenvalue weighted by atomic mass is 79.9. The van der Waals surface area contributed by atoms with Crippen molar-refractivity contribution in [2.45, 2.75) is 25.3 Å². The molecule has 0 heterocycles. The summed E-state index contributed by atoms with van der Waals surface area (Å²) < 4.78 is 0.426. The first kappa shape index (κ1) is 17.8. The number of amides is 1. The molecule has 1 rings (SSSR count). The van der Waals surface area contributed by atoms with Crippen LogP contribution in [-0.2, 0) is 16.0 Å². The minimum Gasteiger partial charge on any atom is -0.480 e. The van der Waals surface area contributed by atoms with Crippen LogP contribution in [-0.4, -0.2) is 27.9 Å². The number of non-ortho nitro benzene ring substituents is 1. The van der Waals surface area contributed by atoms with E-state index in [0.717, 1.165) is 0 Å². The van der Waals surface area contributed by atoms with Crippen LogP contribution in [0.4, 0.5) is 5.69 Å². The van der Waals surface area contributed by atoms with E-state index < -0.39 is 22.8 Å². The lowest BCUT2D eigenvalue weighted by Crippen LogP contribution is -2.41. The van der Waals surface area contributed by atoms with Crippen LogP contribution in [0.25, 0.3) is 0 Å². The molecule has 0 fully saturated rings. The number of hydrogen-bond donors (Lipinski definition) is 2. The van der Waals surface area contributed by atoms with E-state index in [1.807, 2.05) is 0 Å². The summed E-state index contributed by atoms with van der Waals surface area (Å²) in [5, 5.41) is 22.1. The summed E-state index contributed by atoms with van der Waals surface area (Å²) in [5.41, 5.74) is 0.446. The third-order valence-electron chi connectivity index (χ3n) is 2.89. The van der Waals surface area contributed by atoms with Crippen molar-refractivity contribution in [1.29, 1.82) is 0 Å². The molecule has 1 aromatic rings. The molecule has 22 heavy (non-hydrogen) atoms. The molecule has 8 heteroatoms. The van der Waals surface area contributed by atoms with Crippen molar-refractivity contribution in [1.82, 2.24) is 5.32 Å². The number of nitro benzene ring substituents is 1. The summed E-state index contributed by atoms with van der Waals surface area (Å²) in [5.74, 6) is -1.58. The number of nitro groups is 1. The van der Waals surface area contributed by atoms with Gasteiger partial charge < -0.3 is 10.4 Å². The van der Waals surface area contributed by atoms with Gasteiger partial charge in [0, 0.05) is 16.6 Å². The van der Waals surface area contributed by atoms with E-state index >= 15 is 0 Å². The van der Waals surface area contributed by atoms with Gasteiger partial charge in [0.2, 0.25) is 5.91 Å². The molecule has 0 aliphatic rings. The Morgan fingerprint density at radius 1 is 1.50 bits per heavy atom. The average molecular weight is 371 g/mol. The molecular formula is C14H15BrN2O5. The second kappa shape index (κ2) is 8.28. The fourth-order valence-electron chi connectivity index (χ4n) is 1.75. The molecule has 1 amide bonds. The first-order valence-electron chi connectivity index (χ1n) is 6.41. The third-order valence-corrected chi connectivity index (χ3v) is 3.63. The topological polar surface area (TPSA) is 110 Å². The smallest absolute Gasteiger partial charge is 0.326 e. The first-order chi connectivity index (χ1) is 10.3. The quantitative estimate of drug-likeness (QED) is 0.414. The van der Waals surface area contributed by atoms with Crippen LogP contribution in [0.2, 0.25) is 0 Å². The van der Waals surface area contributed by atoms with E-state index in [9.17, 15) is 19.7 Å². The lowest BCUT2D eigenvalue weighted by molar-refractivity contribution is -0.384. The van der Waals surface area contributed by atoms with Gasteiger partial charge in [-0.05, 0) is 18.4 Å². The fourth-order valence-corrected chi connectivity index (χ4v) is 2.26. The molecule has 0 aliphatic heterocycles. The van der Waals surface area contributed by atoms with Crippen LogP contribution in [0.3, 0.4) is 0 Å². The number of halogens is 1. The van der Waals surface area contributed by atoms with Gasteiger partial charge in [0.1, 0.15) is 6.04 Å². The van der Waals surface area contributed by atoms with Crippen LogP contribution in [0.15, 0.2) is 35.3 Å². The predicted octanol–water partition coefficient (Wildman–Crippen LogP) is 2.44. The van der Waals surface area contributed by atoms with E-state index in [4.69, 9.17) is 5.11 Å². The maximum atomic E-state index is 11.9. The normalized spacial score (nSPS) is 11.5. The van der Waals surface area contributed by atoms with E-state index in [0.29, 0.717) is 16.5 Å². The zero-order chi connectivity index (χ0) is 16.7. The number of aliphatic carboxylic acids is 1. The molecule has 1 unspecified atom stereocenters. The maximum Gasteiger partial charge on any atom is 0.326 e. The highest BCUT2D eigenvalue weighted by Gasteiger charge is 2.20. The van der Waals surface area contributed by atoms with Gasteiger partial charge in [0.25, 0.3) is 5.69 Å². The minimum absolute atomic E-state index is 0.0730. The van der Waals surface area contributed by atoms with Crippen molar-refractivity contribution in [2.75, 3.05) is 0 Å². The van der Waals surface area contributed by atoms with Gasteiger partial charge in [-0.1, -0.05) is 28.1 Å². The Kier molecular flexibility index (Phi) is 6.71. The van der Waals surface area contributed by atoms with Gasteiger partial charge in [-0.25, -0.2) is 4.79 Å². The summed E-state index contributed by atoms with van der Waals surface area (Å²) >= 11 is 3.17. The van der Waals surface area contributed by atoms with Crippen LogP contribution < -0.4 is 5.32 Å². The molecule has 0 radical (unpaired) electrons. The van der Waals surface area contributed by atoms with Crippen LogP contribution in [0.1, 0.15) is 18.4 Å². The van der Waals surface area contributed by atoms with E-state index in [2.05, 4.69) is 27.8 Å². The number of carbonyl (C=O) groups is 2. The number of benzene rings is 1. The fraction of sp³-hybridized carbons (Fsp3) is 0.286. The molecule has 7 nitrogen and oxygen atoms in total. The Hall–Kier alpha value is -2.22. The Morgan fingerprint density at radius 3 is 2.68 bits per heavy atom. The van der Waals surface area contributed by atoms with Gasteiger partial charge >= 0.3 is 5.97 Å². The Balaban J connectivity index is 2.73. The van der Waals surface area contributed by atoms with Crippen molar-refractivity contribution in [2.24, 2.45) is 0 Å². The number of nitrogens with one attached hydrogen (secondary N) is 1. The van der Waals surface area contributed by atoms with E-state index in [1.165, 1.54) is 18.2 Å². The number of nitrogens with zero attached hydrogens (tertiary/aromatic N) is 1. The number of carboxylic acids is 1. The Morgan fingerprint density at radius 2 is 2.18 bits per heavy atom. The Labute approximate surface area is 135 Å². The average Bonchev–Trinajstić information content (AvgIpc) is 2.45. The summed E-state index contributed by atoms with van der Waals surface area (Å²) in [6, 6.07) is 3.07. The number of allylic oxidation sites excluding steroid dienone is 1. The molecule has 0 bridgehead atoms. The molecule has 0 saturated carbocycles. The summed E-state index contributed by atoms with van der Waals surface area (Å²) in [6.07, 6.45) is 2.23. The largest absolute Gasteiger partial charge is 0.480 e. The second-order valence-electron chi connectivity index (χ2n) is 4.53. The van der Waals surface area contributed by atoms with Crippen LogP contribution in [0, 0.1) is 10.1 Å². The minimum atomic E-state index is -1.11. The predicted molar refractivity (Wildman–Crippen MR) is 83.5 cm³/mol. The molecule has 0 aliphatic carbocycles. The highest BCUT2D eigenvalue weighted by Crippen LogP contribution is 2.23. The summed E-state index contributed by atoms with van der Waals surface area (Å²) in [6.45, 7) is 3.51. The van der Waals surface area contributed by atoms with Crippen LogP contribution in [0.5, 0.6) is 0 Å². The standard InChI is InChI=1S/C14H15BrN2O5/c1-2-3-4-12(14(19)20)16-13(18)7-9-5-6-10(17(21)22)8-11(9)15/h2,5-6,8,12H,1,3-4,7H2,(H,16,18)(H,19,20). The van der Waals surface area contributed by atoms with Gasteiger partial charge in [-0.15, -0.1) is 6.58 Å². The van der Waals surface area contributed by atoms with Crippen molar-refractivity contribution in [3.05, 3.63) is 51.0 Å². The number of carboxylic acid groups (broad SMARTS) is 1. The van der Waals surface area contributed by atoms with Gasteiger partial charge in [0.15, 0.2) is 0 Å². The maximum absolute atomic E-state index is 11.9. The van der Waals surface area contributed by atoms with E-state index in [1.54, 1.807) is 6.08 Å². The Bertz CT molecular complexity index is 603. The lowest BCUT2D eigenvalue weighted by atomic mass is 10.1. The van der Waals surface area contributed by atoms with Crippen LogP contribution >= 0.6 is 15.9 Å². The van der Waals surface area contributed by atoms with E-state index in [-0.39, 0.29) is 18.5 Å². The molecule has 118 valence electrons. The number of carbonyl (C=O) groups excluding carboxylic acids is 1. The first-order valence-corrected chi connectivity index (χ1v) is 7.20.